The van der Waals surface area contributed by atoms with E-state index in [2.05, 4.69) is 26.3 Å². The summed E-state index contributed by atoms with van der Waals surface area (Å²) in [6.45, 7) is 4.35. The van der Waals surface area contributed by atoms with Gasteiger partial charge >= 0.3 is 0 Å². The van der Waals surface area contributed by atoms with Crippen molar-refractivity contribution >= 4 is 27.5 Å². The molecule has 1 N–H and O–H groups in total. The first kappa shape index (κ1) is 14.6. The van der Waals surface area contributed by atoms with Crippen LogP contribution >= 0.6 is 15.9 Å². The van der Waals surface area contributed by atoms with Crippen LogP contribution in [0.5, 0.6) is 5.75 Å². The third-order valence-electron chi connectivity index (χ3n) is 2.78. The molecule has 20 heavy (non-hydrogen) atoms. The molecule has 0 aliphatic carbocycles. The van der Waals surface area contributed by atoms with Crippen LogP contribution in [0.2, 0.25) is 0 Å². The summed E-state index contributed by atoms with van der Waals surface area (Å²) in [5.41, 5.74) is 0.733. The Balaban J connectivity index is 2.00. The van der Waals surface area contributed by atoms with Gasteiger partial charge in [-0.3, -0.25) is 9.48 Å². The zero-order valence-corrected chi connectivity index (χ0v) is 12.9. The summed E-state index contributed by atoms with van der Waals surface area (Å²) >= 11 is 3.31. The van der Waals surface area contributed by atoms with Gasteiger partial charge in [-0.05, 0) is 54.0 Å². The van der Waals surface area contributed by atoms with E-state index in [0.717, 1.165) is 15.9 Å². The van der Waals surface area contributed by atoms with Crippen LogP contribution in [-0.2, 0) is 4.79 Å². The average molecular weight is 338 g/mol. The van der Waals surface area contributed by atoms with Gasteiger partial charge in [0.05, 0.1) is 17.3 Å². The Bertz CT molecular complexity index is 580. The largest absolute Gasteiger partial charge is 0.494 e. The molecule has 0 radical (unpaired) electrons. The van der Waals surface area contributed by atoms with Crippen molar-refractivity contribution in [2.45, 2.75) is 19.9 Å². The molecule has 2 aromatic rings. The number of hydrogen-bond donors (Lipinski definition) is 1. The molecule has 1 aromatic heterocycles. The van der Waals surface area contributed by atoms with Gasteiger partial charge in [0.2, 0.25) is 5.91 Å². The Morgan fingerprint density at radius 3 is 2.70 bits per heavy atom. The van der Waals surface area contributed by atoms with E-state index in [4.69, 9.17) is 4.74 Å². The number of benzene rings is 1. The van der Waals surface area contributed by atoms with Gasteiger partial charge in [-0.2, -0.15) is 5.10 Å². The van der Waals surface area contributed by atoms with E-state index >= 15 is 0 Å². The zero-order chi connectivity index (χ0) is 14.5. The third kappa shape index (κ3) is 3.60. The normalized spacial score (nSPS) is 11.9. The highest BCUT2D eigenvalue weighted by Gasteiger charge is 2.15. The maximum Gasteiger partial charge on any atom is 0.248 e. The molecule has 0 bridgehead atoms. The van der Waals surface area contributed by atoms with Gasteiger partial charge in [-0.1, -0.05) is 0 Å². The lowest BCUT2D eigenvalue weighted by atomic mass is 10.2. The van der Waals surface area contributed by atoms with Crippen molar-refractivity contribution < 1.29 is 9.53 Å². The topological polar surface area (TPSA) is 56.1 Å². The first-order valence-corrected chi connectivity index (χ1v) is 7.13. The van der Waals surface area contributed by atoms with Crippen LogP contribution in [0.3, 0.4) is 0 Å². The van der Waals surface area contributed by atoms with E-state index in [0.29, 0.717) is 6.61 Å². The molecule has 106 valence electrons. The van der Waals surface area contributed by atoms with Crippen LogP contribution < -0.4 is 10.1 Å². The number of halogens is 1. The van der Waals surface area contributed by atoms with Crippen LogP contribution in [-0.4, -0.2) is 22.3 Å². The average Bonchev–Trinajstić information content (AvgIpc) is 2.87. The Hall–Kier alpha value is -1.82. The fourth-order valence-electron chi connectivity index (χ4n) is 1.69. The number of amides is 1. The molecule has 0 saturated heterocycles. The summed E-state index contributed by atoms with van der Waals surface area (Å²) in [5.74, 6) is 0.666. The molecule has 2 rings (SSSR count). The molecule has 6 heteroatoms. The van der Waals surface area contributed by atoms with Crippen molar-refractivity contribution in [1.29, 1.82) is 0 Å². The van der Waals surface area contributed by atoms with Crippen LogP contribution in [0.1, 0.15) is 19.9 Å². The van der Waals surface area contributed by atoms with Crippen LogP contribution in [0.4, 0.5) is 5.69 Å². The quantitative estimate of drug-likeness (QED) is 0.911. The molecule has 1 heterocycles. The van der Waals surface area contributed by atoms with E-state index in [1.165, 1.54) is 0 Å². The molecule has 5 nitrogen and oxygen atoms in total. The fourth-order valence-corrected chi connectivity index (χ4v) is 2.00. The lowest BCUT2D eigenvalue weighted by Gasteiger charge is -2.13. The summed E-state index contributed by atoms with van der Waals surface area (Å²) in [6.07, 6.45) is 3.42. The molecule has 1 unspecified atom stereocenters. The molecule has 0 aliphatic heterocycles. The van der Waals surface area contributed by atoms with Crippen LogP contribution in [0.15, 0.2) is 41.1 Å². The van der Waals surface area contributed by atoms with Gasteiger partial charge in [0.15, 0.2) is 0 Å². The first-order valence-electron chi connectivity index (χ1n) is 6.33. The van der Waals surface area contributed by atoms with Gasteiger partial charge in [0.25, 0.3) is 0 Å². The molecule has 1 amide bonds. The SMILES string of the molecule is CCOc1ccc(NC(=O)C(C)n2cc(Br)cn2)cc1. The number of hydrogen-bond acceptors (Lipinski definition) is 3. The number of anilines is 1. The Morgan fingerprint density at radius 2 is 2.15 bits per heavy atom. The minimum absolute atomic E-state index is 0.121. The standard InChI is InChI=1S/C14H16BrN3O2/c1-3-20-13-6-4-12(5-7-13)17-14(19)10(2)18-9-11(15)8-16-18/h4-10H,3H2,1-2H3,(H,17,19). The Morgan fingerprint density at radius 1 is 1.45 bits per heavy atom. The summed E-state index contributed by atoms with van der Waals surface area (Å²) in [7, 11) is 0. The van der Waals surface area contributed by atoms with Crippen molar-refractivity contribution in [3.05, 3.63) is 41.1 Å². The highest BCUT2D eigenvalue weighted by atomic mass is 79.9. The van der Waals surface area contributed by atoms with Gasteiger partial charge in [-0.15, -0.1) is 0 Å². The summed E-state index contributed by atoms with van der Waals surface area (Å²) in [4.78, 5) is 12.1. The van der Waals surface area contributed by atoms with Crippen molar-refractivity contribution in [3.63, 3.8) is 0 Å². The molecular formula is C14H16BrN3O2. The van der Waals surface area contributed by atoms with E-state index in [1.807, 2.05) is 31.2 Å². The number of carbonyl (C=O) groups excluding carboxylic acids is 1. The Labute approximate surface area is 126 Å². The van der Waals surface area contributed by atoms with Gasteiger partial charge < -0.3 is 10.1 Å². The molecule has 0 aliphatic rings. The number of carbonyl (C=O) groups is 1. The smallest absolute Gasteiger partial charge is 0.248 e. The Kier molecular flexibility index (Phi) is 4.79. The molecule has 0 saturated carbocycles. The first-order chi connectivity index (χ1) is 9.60. The lowest BCUT2D eigenvalue weighted by Crippen LogP contribution is -2.23. The minimum Gasteiger partial charge on any atom is -0.494 e. The van der Waals surface area contributed by atoms with Crippen molar-refractivity contribution in [2.24, 2.45) is 0 Å². The van der Waals surface area contributed by atoms with Crippen molar-refractivity contribution in [3.8, 4) is 5.75 Å². The molecular weight excluding hydrogens is 322 g/mol. The second-order valence-corrected chi connectivity index (χ2v) is 5.18. The van der Waals surface area contributed by atoms with E-state index in [-0.39, 0.29) is 11.9 Å². The van der Waals surface area contributed by atoms with E-state index < -0.39 is 0 Å². The van der Waals surface area contributed by atoms with Gasteiger partial charge in [-0.25, -0.2) is 0 Å². The number of ether oxygens (including phenoxy) is 1. The zero-order valence-electron chi connectivity index (χ0n) is 11.3. The predicted molar refractivity (Wildman–Crippen MR) is 80.9 cm³/mol. The summed E-state index contributed by atoms with van der Waals surface area (Å²) in [6, 6.07) is 6.90. The van der Waals surface area contributed by atoms with Crippen molar-refractivity contribution in [1.82, 2.24) is 9.78 Å². The van der Waals surface area contributed by atoms with E-state index in [9.17, 15) is 4.79 Å². The molecule has 1 aromatic carbocycles. The van der Waals surface area contributed by atoms with Gasteiger partial charge in [0, 0.05) is 11.9 Å². The fraction of sp³-hybridized carbons (Fsp3) is 0.286. The number of nitrogens with one attached hydrogen (secondary N) is 1. The summed E-state index contributed by atoms with van der Waals surface area (Å²) in [5, 5.41) is 6.95. The molecule has 0 spiro atoms. The molecule has 0 fully saturated rings. The number of nitrogens with zero attached hydrogens (tertiary/aromatic N) is 2. The third-order valence-corrected chi connectivity index (χ3v) is 3.19. The second-order valence-electron chi connectivity index (χ2n) is 4.26. The highest BCUT2D eigenvalue weighted by Crippen LogP contribution is 2.18. The maximum atomic E-state index is 12.1. The highest BCUT2D eigenvalue weighted by molar-refractivity contribution is 9.10. The monoisotopic (exact) mass is 337 g/mol. The van der Waals surface area contributed by atoms with Crippen molar-refractivity contribution in [2.75, 3.05) is 11.9 Å². The number of aromatic nitrogens is 2. The van der Waals surface area contributed by atoms with Crippen LogP contribution in [0.25, 0.3) is 0 Å². The van der Waals surface area contributed by atoms with Gasteiger partial charge in [0.1, 0.15) is 11.8 Å². The summed E-state index contributed by atoms with van der Waals surface area (Å²) < 4.78 is 7.80. The van der Waals surface area contributed by atoms with E-state index in [1.54, 1.807) is 24.0 Å². The second kappa shape index (κ2) is 6.56. The number of rotatable bonds is 5. The molecule has 1 atom stereocenters. The van der Waals surface area contributed by atoms with Crippen LogP contribution in [0, 0.1) is 0 Å². The minimum atomic E-state index is -0.382. The maximum absolute atomic E-state index is 12.1. The lowest BCUT2D eigenvalue weighted by molar-refractivity contribution is -0.119. The predicted octanol–water partition coefficient (Wildman–Crippen LogP) is 3.24.